The minimum atomic E-state index is -0.289. The third-order valence-electron chi connectivity index (χ3n) is 5.05. The molecule has 0 aliphatic carbocycles. The zero-order chi connectivity index (χ0) is 19.2. The van der Waals surface area contributed by atoms with Crippen molar-refractivity contribution in [2.24, 2.45) is 5.92 Å². The maximum atomic E-state index is 12.9. The van der Waals surface area contributed by atoms with Crippen LogP contribution in [0.15, 0.2) is 36.7 Å². The summed E-state index contributed by atoms with van der Waals surface area (Å²) in [6.07, 6.45) is 5.45. The number of imidazole rings is 1. The second-order valence-corrected chi connectivity index (χ2v) is 7.01. The smallest absolute Gasteiger partial charge is 0.409 e. The van der Waals surface area contributed by atoms with Crippen LogP contribution in [0.5, 0.6) is 0 Å². The van der Waals surface area contributed by atoms with Gasteiger partial charge in [-0.2, -0.15) is 0 Å². The molecule has 1 aliphatic rings. The molecule has 1 saturated heterocycles. The molecule has 3 rings (SSSR count). The minimum absolute atomic E-state index is 0.0766. The Bertz CT molecular complexity index is 791. The van der Waals surface area contributed by atoms with E-state index in [0.717, 1.165) is 13.0 Å². The van der Waals surface area contributed by atoms with Gasteiger partial charge < -0.3 is 14.2 Å². The van der Waals surface area contributed by atoms with Crippen molar-refractivity contribution in [3.8, 4) is 0 Å². The summed E-state index contributed by atoms with van der Waals surface area (Å²) >= 11 is 0. The van der Waals surface area contributed by atoms with E-state index in [1.807, 2.05) is 10.8 Å². The molecule has 0 atom stereocenters. The second-order valence-electron chi connectivity index (χ2n) is 7.01. The fourth-order valence-corrected chi connectivity index (χ4v) is 3.55. The van der Waals surface area contributed by atoms with Crippen molar-refractivity contribution in [2.45, 2.75) is 39.7 Å². The van der Waals surface area contributed by atoms with E-state index in [4.69, 9.17) is 4.74 Å². The van der Waals surface area contributed by atoms with E-state index in [-0.39, 0.29) is 17.8 Å². The molecule has 6 nitrogen and oxygen atoms in total. The summed E-state index contributed by atoms with van der Waals surface area (Å²) in [5.74, 6) is 0.515. The van der Waals surface area contributed by atoms with Crippen LogP contribution in [0.2, 0.25) is 0 Å². The summed E-state index contributed by atoms with van der Waals surface area (Å²) < 4.78 is 6.98. The predicted molar refractivity (Wildman–Crippen MR) is 103 cm³/mol. The molecule has 0 spiro atoms. The molecule has 0 unspecified atom stereocenters. The maximum absolute atomic E-state index is 12.9. The number of benzene rings is 1. The number of ketones is 1. The van der Waals surface area contributed by atoms with E-state index in [2.05, 4.69) is 36.2 Å². The van der Waals surface area contributed by atoms with Gasteiger partial charge >= 0.3 is 6.09 Å². The van der Waals surface area contributed by atoms with E-state index in [9.17, 15) is 9.59 Å². The predicted octanol–water partition coefficient (Wildman–Crippen LogP) is 3.49. The lowest BCUT2D eigenvalue weighted by molar-refractivity contribution is 0.0743. The highest BCUT2D eigenvalue weighted by Crippen LogP contribution is 2.22. The summed E-state index contributed by atoms with van der Waals surface area (Å²) in [6, 6.07) is 8.42. The summed E-state index contributed by atoms with van der Waals surface area (Å²) in [7, 11) is 0. The fourth-order valence-electron chi connectivity index (χ4n) is 3.55. The lowest BCUT2D eigenvalue weighted by Crippen LogP contribution is -2.41. The van der Waals surface area contributed by atoms with Gasteiger partial charge in [-0.3, -0.25) is 4.79 Å². The van der Waals surface area contributed by atoms with E-state index >= 15 is 0 Å². The highest BCUT2D eigenvalue weighted by Gasteiger charge is 2.30. The van der Waals surface area contributed by atoms with Crippen LogP contribution in [0.3, 0.4) is 0 Å². The topological polar surface area (TPSA) is 64.4 Å². The van der Waals surface area contributed by atoms with Crippen LogP contribution in [0.4, 0.5) is 4.79 Å². The van der Waals surface area contributed by atoms with Crippen LogP contribution >= 0.6 is 0 Å². The van der Waals surface area contributed by atoms with E-state index in [0.29, 0.717) is 38.4 Å². The number of Topliss-reactive ketones (excluding diaryl/α,β-unsaturated/α-hetero) is 1. The van der Waals surface area contributed by atoms with Crippen LogP contribution in [0.1, 0.15) is 41.5 Å². The first-order valence-electron chi connectivity index (χ1n) is 9.61. The number of aromatic nitrogens is 2. The molecule has 0 radical (unpaired) electrons. The van der Waals surface area contributed by atoms with Crippen LogP contribution in [-0.4, -0.2) is 46.0 Å². The van der Waals surface area contributed by atoms with Gasteiger partial charge in [0.25, 0.3) is 0 Å². The fraction of sp³-hybridized carbons (Fsp3) is 0.476. The Kier molecular flexibility index (Phi) is 6.27. The first-order chi connectivity index (χ1) is 13.1. The van der Waals surface area contributed by atoms with Gasteiger partial charge in [-0.1, -0.05) is 29.8 Å². The van der Waals surface area contributed by atoms with Crippen LogP contribution in [0, 0.1) is 12.8 Å². The van der Waals surface area contributed by atoms with Crippen LogP contribution in [0.25, 0.3) is 0 Å². The highest BCUT2D eigenvalue weighted by molar-refractivity contribution is 5.94. The molecule has 1 aromatic carbocycles. The Morgan fingerprint density at radius 1 is 1.26 bits per heavy atom. The molecule has 1 aromatic heterocycles. The van der Waals surface area contributed by atoms with Gasteiger partial charge in [-0.05, 0) is 38.7 Å². The van der Waals surface area contributed by atoms with Crippen molar-refractivity contribution < 1.29 is 14.3 Å². The van der Waals surface area contributed by atoms with Gasteiger partial charge in [0.05, 0.1) is 6.61 Å². The number of rotatable bonds is 6. The van der Waals surface area contributed by atoms with Crippen LogP contribution in [-0.2, 0) is 17.7 Å². The Hall–Kier alpha value is -2.63. The number of nitrogens with zero attached hydrogens (tertiary/aromatic N) is 3. The van der Waals surface area contributed by atoms with Crippen molar-refractivity contribution >= 4 is 11.9 Å². The summed E-state index contributed by atoms with van der Waals surface area (Å²) in [5.41, 5.74) is 2.49. The monoisotopic (exact) mass is 369 g/mol. The molecule has 2 aromatic rings. The Morgan fingerprint density at radius 3 is 2.74 bits per heavy atom. The molecular formula is C21H27N3O3. The molecule has 0 N–H and O–H groups in total. The number of carbonyl (C=O) groups excluding carboxylic acids is 2. The molecule has 1 aliphatic heterocycles. The molecular weight excluding hydrogens is 342 g/mol. The average Bonchev–Trinajstić information content (AvgIpc) is 3.15. The number of hydrogen-bond donors (Lipinski definition) is 0. The van der Waals surface area contributed by atoms with E-state index in [1.54, 1.807) is 18.0 Å². The van der Waals surface area contributed by atoms with Crippen LogP contribution < -0.4 is 0 Å². The quantitative estimate of drug-likeness (QED) is 0.731. The molecule has 0 bridgehead atoms. The van der Waals surface area contributed by atoms with E-state index in [1.165, 1.54) is 11.1 Å². The summed E-state index contributed by atoms with van der Waals surface area (Å²) in [5, 5.41) is 0. The Balaban J connectivity index is 1.58. The number of likely N-dealkylation sites (tertiary alicyclic amines) is 1. The van der Waals surface area contributed by atoms with E-state index < -0.39 is 0 Å². The average molecular weight is 369 g/mol. The molecule has 1 fully saturated rings. The van der Waals surface area contributed by atoms with Crippen molar-refractivity contribution in [1.29, 1.82) is 0 Å². The Labute approximate surface area is 160 Å². The van der Waals surface area contributed by atoms with Gasteiger partial charge in [0.15, 0.2) is 5.82 Å². The lowest BCUT2D eigenvalue weighted by Gasteiger charge is -2.30. The highest BCUT2D eigenvalue weighted by atomic mass is 16.6. The molecule has 144 valence electrons. The SMILES string of the molecule is CCOC(=O)N1CCC(C(=O)c2nccn2CCc2cccc(C)c2)CC1. The Morgan fingerprint density at radius 2 is 2.04 bits per heavy atom. The van der Waals surface area contributed by atoms with Crippen molar-refractivity contribution in [1.82, 2.24) is 14.5 Å². The third-order valence-corrected chi connectivity index (χ3v) is 5.05. The lowest BCUT2D eigenvalue weighted by atomic mass is 9.92. The zero-order valence-electron chi connectivity index (χ0n) is 16.1. The molecule has 2 heterocycles. The number of ether oxygens (including phenoxy) is 1. The normalized spacial score (nSPS) is 15.0. The third kappa shape index (κ3) is 4.76. The zero-order valence-corrected chi connectivity index (χ0v) is 16.1. The molecule has 6 heteroatoms. The summed E-state index contributed by atoms with van der Waals surface area (Å²) in [4.78, 5) is 30.7. The first kappa shape index (κ1) is 19.1. The number of piperidine rings is 1. The number of amides is 1. The molecule has 0 saturated carbocycles. The molecule has 1 amide bonds. The number of carbonyl (C=O) groups is 2. The minimum Gasteiger partial charge on any atom is -0.450 e. The van der Waals surface area contributed by atoms with Crippen molar-refractivity contribution in [3.05, 3.63) is 53.6 Å². The van der Waals surface area contributed by atoms with Crippen molar-refractivity contribution in [3.63, 3.8) is 0 Å². The largest absolute Gasteiger partial charge is 0.450 e. The van der Waals surface area contributed by atoms with Gasteiger partial charge in [-0.25, -0.2) is 9.78 Å². The van der Waals surface area contributed by atoms with Crippen molar-refractivity contribution in [2.75, 3.05) is 19.7 Å². The first-order valence-corrected chi connectivity index (χ1v) is 9.61. The standard InChI is InChI=1S/C21H27N3O3/c1-3-27-21(26)24-12-8-18(9-13-24)19(25)20-22-10-14-23(20)11-7-17-6-4-5-16(2)15-17/h4-6,10,14-15,18H,3,7-9,11-13H2,1-2H3. The number of hydrogen-bond acceptors (Lipinski definition) is 4. The van der Waals surface area contributed by atoms with Gasteiger partial charge in [0.2, 0.25) is 5.78 Å². The van der Waals surface area contributed by atoms with Gasteiger partial charge in [0, 0.05) is 37.9 Å². The van der Waals surface area contributed by atoms with Gasteiger partial charge in [0.1, 0.15) is 0 Å². The van der Waals surface area contributed by atoms with Gasteiger partial charge in [-0.15, -0.1) is 0 Å². The molecule has 27 heavy (non-hydrogen) atoms. The number of aryl methyl sites for hydroxylation is 3. The maximum Gasteiger partial charge on any atom is 0.409 e. The second kappa shape index (κ2) is 8.84. The summed E-state index contributed by atoms with van der Waals surface area (Å²) in [6.45, 7) is 6.09.